The summed E-state index contributed by atoms with van der Waals surface area (Å²) < 4.78 is 36.8. The number of hydrogen-bond donors (Lipinski definition) is 2. The molecule has 0 fully saturated rings. The van der Waals surface area contributed by atoms with Gasteiger partial charge in [0.2, 0.25) is 15.9 Å². The third kappa shape index (κ3) is 3.63. The number of amides is 1. The van der Waals surface area contributed by atoms with Crippen LogP contribution in [0.3, 0.4) is 0 Å². The van der Waals surface area contributed by atoms with Crippen molar-refractivity contribution in [2.24, 2.45) is 0 Å². The number of benzene rings is 1. The van der Waals surface area contributed by atoms with E-state index in [0.717, 1.165) is 24.0 Å². The number of rotatable bonds is 5. The minimum Gasteiger partial charge on any atom is -0.494 e. The normalized spacial score (nSPS) is 16.9. The molecule has 3 rings (SSSR count). The second kappa shape index (κ2) is 6.44. The minimum atomic E-state index is -3.47. The molecule has 1 amide bonds. The summed E-state index contributed by atoms with van der Waals surface area (Å²) in [6.45, 7) is 1.99. The Labute approximate surface area is 146 Å². The Kier molecular flexibility index (Phi) is 4.47. The number of aryl methyl sites for hydroxylation is 1. The molecule has 0 saturated carbocycles. The summed E-state index contributed by atoms with van der Waals surface area (Å²) in [6.07, 6.45) is 2.06. The van der Waals surface area contributed by atoms with Crippen molar-refractivity contribution in [1.82, 2.24) is 0 Å². The van der Waals surface area contributed by atoms with E-state index in [1.165, 1.54) is 7.11 Å². The van der Waals surface area contributed by atoms with Crippen LogP contribution in [0, 0.1) is 0 Å². The largest absolute Gasteiger partial charge is 0.494 e. The van der Waals surface area contributed by atoms with E-state index in [0.29, 0.717) is 22.9 Å². The molecule has 0 radical (unpaired) electrons. The first-order valence-corrected chi connectivity index (χ1v) is 9.78. The van der Waals surface area contributed by atoms with Crippen LogP contribution in [0.1, 0.15) is 36.3 Å². The van der Waals surface area contributed by atoms with E-state index in [1.54, 1.807) is 12.1 Å². The van der Waals surface area contributed by atoms with Crippen molar-refractivity contribution in [3.8, 4) is 5.75 Å². The number of furan rings is 1. The summed E-state index contributed by atoms with van der Waals surface area (Å²) in [4.78, 5) is 12.1. The molecule has 1 aromatic carbocycles. The standard InChI is InChI=1S/C17H20N2O5S/c1-4-10-5-6-15(24-10)12-8-17(20)18-13-9-16(23-2)14(7-11(12)13)19-25(3,21)22/h5-7,9,12,19H,4,8H2,1-3H3,(H,18,20)/t12-/m1/s1. The number of nitrogens with one attached hydrogen (secondary N) is 2. The van der Waals surface area contributed by atoms with E-state index >= 15 is 0 Å². The molecular weight excluding hydrogens is 344 g/mol. The number of carbonyl (C=O) groups is 1. The lowest BCUT2D eigenvalue weighted by molar-refractivity contribution is -0.116. The Bertz CT molecular complexity index is 917. The summed E-state index contributed by atoms with van der Waals surface area (Å²) in [6, 6.07) is 7.06. The van der Waals surface area contributed by atoms with Gasteiger partial charge in [-0.15, -0.1) is 0 Å². The quantitative estimate of drug-likeness (QED) is 0.850. The van der Waals surface area contributed by atoms with Gasteiger partial charge in [-0.2, -0.15) is 0 Å². The second-order valence-electron chi connectivity index (χ2n) is 5.98. The van der Waals surface area contributed by atoms with Crippen LogP contribution in [0.25, 0.3) is 0 Å². The Balaban J connectivity index is 2.11. The van der Waals surface area contributed by atoms with E-state index in [9.17, 15) is 13.2 Å². The summed E-state index contributed by atoms with van der Waals surface area (Å²) in [5, 5.41) is 2.81. The van der Waals surface area contributed by atoms with Crippen molar-refractivity contribution in [1.29, 1.82) is 0 Å². The molecule has 0 saturated heterocycles. The lowest BCUT2D eigenvalue weighted by Crippen LogP contribution is -2.24. The zero-order valence-electron chi connectivity index (χ0n) is 14.3. The molecule has 2 aromatic rings. The van der Waals surface area contributed by atoms with Crippen LogP contribution in [0.4, 0.5) is 11.4 Å². The van der Waals surface area contributed by atoms with Gasteiger partial charge in [0, 0.05) is 24.6 Å². The van der Waals surface area contributed by atoms with Crippen molar-refractivity contribution < 1.29 is 22.4 Å². The Morgan fingerprint density at radius 2 is 2.12 bits per heavy atom. The lowest BCUT2D eigenvalue weighted by Gasteiger charge is -2.26. The number of hydrogen-bond acceptors (Lipinski definition) is 5. The summed E-state index contributed by atoms with van der Waals surface area (Å²) in [5.41, 5.74) is 1.70. The lowest BCUT2D eigenvalue weighted by atomic mass is 9.88. The van der Waals surface area contributed by atoms with Gasteiger partial charge < -0.3 is 14.5 Å². The van der Waals surface area contributed by atoms with E-state index in [2.05, 4.69) is 10.0 Å². The van der Waals surface area contributed by atoms with Gasteiger partial charge in [0.05, 0.1) is 25.0 Å². The first kappa shape index (κ1) is 17.3. The molecule has 0 spiro atoms. The van der Waals surface area contributed by atoms with Crippen LogP contribution in [-0.4, -0.2) is 27.7 Å². The zero-order chi connectivity index (χ0) is 18.2. The van der Waals surface area contributed by atoms with Crippen molar-refractivity contribution >= 4 is 27.3 Å². The Morgan fingerprint density at radius 1 is 1.36 bits per heavy atom. The van der Waals surface area contributed by atoms with Crippen molar-refractivity contribution in [2.75, 3.05) is 23.4 Å². The molecule has 134 valence electrons. The summed E-state index contributed by atoms with van der Waals surface area (Å²) >= 11 is 0. The van der Waals surface area contributed by atoms with Crippen LogP contribution >= 0.6 is 0 Å². The highest BCUT2D eigenvalue weighted by Crippen LogP contribution is 2.42. The highest BCUT2D eigenvalue weighted by atomic mass is 32.2. The third-order valence-corrected chi connectivity index (χ3v) is 4.67. The number of anilines is 2. The number of sulfonamides is 1. The molecule has 2 heterocycles. The maximum absolute atomic E-state index is 12.1. The molecule has 1 aliphatic rings. The maximum Gasteiger partial charge on any atom is 0.229 e. The highest BCUT2D eigenvalue weighted by Gasteiger charge is 2.30. The molecule has 0 unspecified atom stereocenters. The number of ether oxygens (including phenoxy) is 1. The van der Waals surface area contributed by atoms with E-state index in [-0.39, 0.29) is 18.2 Å². The van der Waals surface area contributed by atoms with Crippen LogP contribution in [0.5, 0.6) is 5.75 Å². The molecule has 1 atom stereocenters. The monoisotopic (exact) mass is 364 g/mol. The molecule has 7 nitrogen and oxygen atoms in total. The van der Waals surface area contributed by atoms with E-state index in [4.69, 9.17) is 9.15 Å². The van der Waals surface area contributed by atoms with Crippen LogP contribution < -0.4 is 14.8 Å². The Hall–Kier alpha value is -2.48. The number of methoxy groups -OCH3 is 1. The fourth-order valence-electron chi connectivity index (χ4n) is 2.96. The smallest absolute Gasteiger partial charge is 0.229 e. The average molecular weight is 364 g/mol. The average Bonchev–Trinajstić information content (AvgIpc) is 3.01. The number of carbonyl (C=O) groups excluding carboxylic acids is 1. The third-order valence-electron chi connectivity index (χ3n) is 4.08. The molecule has 8 heteroatoms. The maximum atomic E-state index is 12.1. The zero-order valence-corrected chi connectivity index (χ0v) is 15.1. The molecule has 1 aromatic heterocycles. The van der Waals surface area contributed by atoms with Gasteiger partial charge in [0.15, 0.2) is 0 Å². The van der Waals surface area contributed by atoms with Crippen LogP contribution in [-0.2, 0) is 21.2 Å². The summed E-state index contributed by atoms with van der Waals surface area (Å²) in [7, 11) is -2.03. The van der Waals surface area contributed by atoms with Gasteiger partial charge in [-0.25, -0.2) is 8.42 Å². The second-order valence-corrected chi connectivity index (χ2v) is 7.72. The van der Waals surface area contributed by atoms with E-state index < -0.39 is 10.0 Å². The molecule has 1 aliphatic heterocycles. The molecule has 0 aliphatic carbocycles. The fourth-order valence-corrected chi connectivity index (χ4v) is 3.52. The first-order chi connectivity index (χ1) is 11.8. The van der Waals surface area contributed by atoms with Gasteiger partial charge in [-0.3, -0.25) is 9.52 Å². The van der Waals surface area contributed by atoms with Gasteiger partial charge >= 0.3 is 0 Å². The highest BCUT2D eigenvalue weighted by molar-refractivity contribution is 7.92. The van der Waals surface area contributed by atoms with Crippen molar-refractivity contribution in [3.05, 3.63) is 41.3 Å². The van der Waals surface area contributed by atoms with Crippen molar-refractivity contribution in [3.63, 3.8) is 0 Å². The SMILES string of the molecule is CCc1ccc([C@@H]2CC(=O)Nc3cc(OC)c(NS(C)(=O)=O)cc32)o1. The van der Waals surface area contributed by atoms with Crippen LogP contribution in [0.15, 0.2) is 28.7 Å². The van der Waals surface area contributed by atoms with Gasteiger partial charge in [-0.1, -0.05) is 6.92 Å². The van der Waals surface area contributed by atoms with Gasteiger partial charge in [0.1, 0.15) is 17.3 Å². The Morgan fingerprint density at radius 3 is 2.72 bits per heavy atom. The fraction of sp³-hybridized carbons (Fsp3) is 0.353. The minimum absolute atomic E-state index is 0.127. The predicted octanol–water partition coefficient (Wildman–Crippen LogP) is 2.70. The topological polar surface area (TPSA) is 97.6 Å². The number of fused-ring (bicyclic) bond motifs is 1. The van der Waals surface area contributed by atoms with Crippen LogP contribution in [0.2, 0.25) is 0 Å². The molecule has 25 heavy (non-hydrogen) atoms. The van der Waals surface area contributed by atoms with Crippen molar-refractivity contribution in [2.45, 2.75) is 25.7 Å². The van der Waals surface area contributed by atoms with Gasteiger partial charge in [-0.05, 0) is 23.8 Å². The van der Waals surface area contributed by atoms with E-state index in [1.807, 2.05) is 19.1 Å². The van der Waals surface area contributed by atoms with Gasteiger partial charge in [0.25, 0.3) is 0 Å². The molecule has 0 bridgehead atoms. The molecular formula is C17H20N2O5S. The summed E-state index contributed by atoms with van der Waals surface area (Å²) in [5.74, 6) is 1.45. The first-order valence-electron chi connectivity index (χ1n) is 7.89. The predicted molar refractivity (Wildman–Crippen MR) is 94.6 cm³/mol. The molecule has 2 N–H and O–H groups in total.